The molecule has 1 aromatic rings. The van der Waals surface area contributed by atoms with Gasteiger partial charge in [0.1, 0.15) is 0 Å². The predicted molar refractivity (Wildman–Crippen MR) is 57.0 cm³/mol. The minimum atomic E-state index is -3.06. The van der Waals surface area contributed by atoms with Crippen LogP contribution in [0.4, 0.5) is 0 Å². The van der Waals surface area contributed by atoms with E-state index in [-0.39, 0.29) is 0 Å². The van der Waals surface area contributed by atoms with Gasteiger partial charge in [-0.05, 0) is 24.1 Å². The third-order valence-corrected chi connectivity index (χ3v) is 3.22. The first-order chi connectivity index (χ1) is 6.04. The molecule has 13 heavy (non-hydrogen) atoms. The molecule has 4 heteroatoms. The minimum Gasteiger partial charge on any atom is -0.224 e. The van der Waals surface area contributed by atoms with E-state index in [9.17, 15) is 8.42 Å². The molecule has 0 aromatic heterocycles. The normalized spacial score (nSPS) is 11.5. The van der Waals surface area contributed by atoms with Crippen LogP contribution < -0.4 is 0 Å². The summed E-state index contributed by atoms with van der Waals surface area (Å²) >= 11 is 3.31. The maximum atomic E-state index is 11.2. The fraction of sp³-hybridized carbons (Fsp3) is 0.333. The summed E-state index contributed by atoms with van der Waals surface area (Å²) in [7, 11) is -3.06. The summed E-state index contributed by atoms with van der Waals surface area (Å²) in [6.45, 7) is 0. The Kier molecular flexibility index (Phi) is 3.50. The lowest BCUT2D eigenvalue weighted by atomic mass is 10.2. The van der Waals surface area contributed by atoms with Crippen molar-refractivity contribution >= 4 is 25.8 Å². The molecule has 0 aliphatic carbocycles. The van der Waals surface area contributed by atoms with Gasteiger partial charge in [-0.3, -0.25) is 0 Å². The number of rotatable bonds is 3. The van der Waals surface area contributed by atoms with Crippen LogP contribution in [0, 0.1) is 0 Å². The van der Waals surface area contributed by atoms with Crippen molar-refractivity contribution in [3.63, 3.8) is 0 Å². The van der Waals surface area contributed by atoms with Crippen molar-refractivity contribution < 1.29 is 8.42 Å². The van der Waals surface area contributed by atoms with Crippen LogP contribution in [-0.4, -0.2) is 20.0 Å². The molecule has 0 heterocycles. The van der Waals surface area contributed by atoms with E-state index in [4.69, 9.17) is 0 Å². The molecule has 0 atom stereocenters. The van der Waals surface area contributed by atoms with Crippen molar-refractivity contribution in [1.29, 1.82) is 0 Å². The molecule has 0 amide bonds. The van der Waals surface area contributed by atoms with Crippen LogP contribution >= 0.6 is 15.9 Å². The fourth-order valence-electron chi connectivity index (χ4n) is 1.04. The van der Waals surface area contributed by atoms with Gasteiger partial charge in [0.25, 0.3) is 0 Å². The van der Waals surface area contributed by atoms with Crippen LogP contribution in [-0.2, 0) is 16.3 Å². The van der Waals surface area contributed by atoms with E-state index >= 15 is 0 Å². The fourth-order valence-corrected chi connectivity index (χ4v) is 2.19. The summed E-state index contributed by atoms with van der Waals surface area (Å²) < 4.78 is 22.4. The van der Waals surface area contributed by atoms with Crippen molar-refractivity contribution in [2.24, 2.45) is 0 Å². The highest BCUT2D eigenvalue weighted by Gasteiger charge is 2.06. The molecule has 72 valence electrons. The van der Waals surface area contributed by atoms with E-state index in [1.165, 1.54) is 6.26 Å². The van der Waals surface area contributed by atoms with Gasteiger partial charge in [0.2, 0.25) is 0 Å². The minimum absolute atomic E-state index is 0.394. The molecule has 0 spiro atoms. The Morgan fingerprint density at radius 1 is 1.38 bits per heavy atom. The Labute approximate surface area is 87.0 Å². The zero-order chi connectivity index (χ0) is 9.90. The van der Waals surface area contributed by atoms with Crippen LogP contribution in [0.15, 0.2) is 29.2 Å². The van der Waals surface area contributed by atoms with Crippen LogP contribution in [0.25, 0.3) is 0 Å². The van der Waals surface area contributed by atoms with Crippen molar-refractivity contribution in [3.8, 4) is 0 Å². The summed E-state index contributed by atoms with van der Waals surface area (Å²) in [6.07, 6.45) is 2.07. The Hall–Kier alpha value is -0.350. The van der Waals surface area contributed by atoms with Gasteiger partial charge in [0.05, 0.1) is 4.90 Å². The Morgan fingerprint density at radius 2 is 2.08 bits per heavy atom. The Balaban J connectivity index is 3.06. The smallest absolute Gasteiger partial charge is 0.175 e. The third-order valence-electron chi connectivity index (χ3n) is 1.71. The molecule has 0 radical (unpaired) electrons. The summed E-state index contributed by atoms with van der Waals surface area (Å²) in [5.41, 5.74) is 1.04. The first-order valence-corrected chi connectivity index (χ1v) is 6.90. The molecule has 1 aromatic carbocycles. The average Bonchev–Trinajstić information content (AvgIpc) is 2.04. The summed E-state index contributed by atoms with van der Waals surface area (Å²) in [4.78, 5) is 0.394. The largest absolute Gasteiger partial charge is 0.224 e. The molecule has 0 aliphatic heterocycles. The number of benzene rings is 1. The molecular formula is C9H11BrO2S. The third kappa shape index (κ3) is 3.12. The Morgan fingerprint density at radius 3 is 2.62 bits per heavy atom. The molecule has 1 rings (SSSR count). The molecule has 0 saturated carbocycles. The van der Waals surface area contributed by atoms with E-state index in [0.29, 0.717) is 4.90 Å². The number of hydrogen-bond donors (Lipinski definition) is 0. The van der Waals surface area contributed by atoms with Gasteiger partial charge in [-0.15, -0.1) is 0 Å². The van der Waals surface area contributed by atoms with E-state index in [1.54, 1.807) is 18.2 Å². The second-order valence-electron chi connectivity index (χ2n) is 2.86. The number of sulfone groups is 1. The van der Waals surface area contributed by atoms with Crippen LogP contribution in [0.2, 0.25) is 0 Å². The summed E-state index contributed by atoms with van der Waals surface area (Å²) in [5, 5.41) is 0.847. The van der Waals surface area contributed by atoms with E-state index in [2.05, 4.69) is 15.9 Å². The topological polar surface area (TPSA) is 34.1 Å². The van der Waals surface area contributed by atoms with Crippen LogP contribution in [0.3, 0.4) is 0 Å². The van der Waals surface area contributed by atoms with Gasteiger partial charge < -0.3 is 0 Å². The lowest BCUT2D eigenvalue weighted by molar-refractivity contribution is 0.602. The van der Waals surface area contributed by atoms with Crippen molar-refractivity contribution in [2.45, 2.75) is 11.3 Å². The van der Waals surface area contributed by atoms with E-state index < -0.39 is 9.84 Å². The maximum Gasteiger partial charge on any atom is 0.175 e. The molecule has 2 nitrogen and oxygen atoms in total. The molecule has 0 bridgehead atoms. The number of aryl methyl sites for hydroxylation is 1. The number of hydrogen-bond acceptors (Lipinski definition) is 2. The van der Waals surface area contributed by atoms with E-state index in [1.807, 2.05) is 6.07 Å². The van der Waals surface area contributed by atoms with Gasteiger partial charge in [0.15, 0.2) is 9.84 Å². The monoisotopic (exact) mass is 262 g/mol. The van der Waals surface area contributed by atoms with Crippen LogP contribution in [0.5, 0.6) is 0 Å². The first-order valence-electron chi connectivity index (χ1n) is 3.89. The van der Waals surface area contributed by atoms with Gasteiger partial charge in [-0.2, -0.15) is 0 Å². The van der Waals surface area contributed by atoms with E-state index in [0.717, 1.165) is 17.3 Å². The molecule has 0 aliphatic rings. The summed E-state index contributed by atoms with van der Waals surface area (Å²) in [5.74, 6) is 0. The molecule has 0 unspecified atom stereocenters. The highest BCUT2D eigenvalue weighted by Crippen LogP contribution is 2.12. The summed E-state index contributed by atoms with van der Waals surface area (Å²) in [6, 6.07) is 7.04. The van der Waals surface area contributed by atoms with Gasteiger partial charge >= 0.3 is 0 Å². The number of alkyl halides is 1. The van der Waals surface area contributed by atoms with Crippen molar-refractivity contribution in [1.82, 2.24) is 0 Å². The standard InChI is InChI=1S/C9H11BrO2S/c1-13(11,12)9-4-2-3-8(7-9)5-6-10/h2-4,7H,5-6H2,1H3. The highest BCUT2D eigenvalue weighted by atomic mass is 79.9. The highest BCUT2D eigenvalue weighted by molar-refractivity contribution is 9.09. The molecule has 0 saturated heterocycles. The zero-order valence-corrected chi connectivity index (χ0v) is 9.73. The van der Waals surface area contributed by atoms with Crippen molar-refractivity contribution in [2.75, 3.05) is 11.6 Å². The van der Waals surface area contributed by atoms with Gasteiger partial charge in [-0.25, -0.2) is 8.42 Å². The SMILES string of the molecule is CS(=O)(=O)c1cccc(CCBr)c1. The average molecular weight is 263 g/mol. The second-order valence-corrected chi connectivity index (χ2v) is 5.67. The molecule has 0 fully saturated rings. The lowest BCUT2D eigenvalue weighted by Crippen LogP contribution is -1.98. The predicted octanol–water partition coefficient (Wildman–Crippen LogP) is 2.03. The van der Waals surface area contributed by atoms with Crippen LogP contribution in [0.1, 0.15) is 5.56 Å². The zero-order valence-electron chi connectivity index (χ0n) is 7.33. The maximum absolute atomic E-state index is 11.2. The second kappa shape index (κ2) is 4.24. The first kappa shape index (κ1) is 10.7. The van der Waals surface area contributed by atoms with Gasteiger partial charge in [-0.1, -0.05) is 28.1 Å². The number of halogens is 1. The molecular weight excluding hydrogens is 252 g/mol. The molecule has 0 N–H and O–H groups in total. The van der Waals surface area contributed by atoms with Crippen molar-refractivity contribution in [3.05, 3.63) is 29.8 Å². The van der Waals surface area contributed by atoms with Gasteiger partial charge in [0, 0.05) is 11.6 Å². The lowest BCUT2D eigenvalue weighted by Gasteiger charge is -2.01. The Bertz CT molecular complexity index is 384. The quantitative estimate of drug-likeness (QED) is 0.782.